The molecule has 0 heterocycles. The Bertz CT molecular complexity index is 639. The Hall–Kier alpha value is -2.35. The van der Waals surface area contributed by atoms with Crippen LogP contribution in [0.15, 0.2) is 12.1 Å². The van der Waals surface area contributed by atoms with Crippen LogP contribution in [0.5, 0.6) is 5.75 Å². The highest BCUT2D eigenvalue weighted by Gasteiger charge is 2.25. The van der Waals surface area contributed by atoms with Gasteiger partial charge in [-0.25, -0.2) is 4.79 Å². The summed E-state index contributed by atoms with van der Waals surface area (Å²) in [5, 5.41) is 14.0. The summed E-state index contributed by atoms with van der Waals surface area (Å²) in [4.78, 5) is 23.0. The second-order valence-corrected chi connectivity index (χ2v) is 6.86. The minimum Gasteiger partial charge on any atom is -0.495 e. The van der Waals surface area contributed by atoms with Crippen LogP contribution < -0.4 is 10.1 Å². The summed E-state index contributed by atoms with van der Waals surface area (Å²) >= 11 is 0. The Kier molecular flexibility index (Phi) is 7.82. The molecule has 0 spiro atoms. The van der Waals surface area contributed by atoms with E-state index in [9.17, 15) is 14.9 Å². The fourth-order valence-electron chi connectivity index (χ4n) is 2.24. The predicted octanol–water partition coefficient (Wildman–Crippen LogP) is 4.83. The maximum atomic E-state index is 12.0. The number of nitro groups is 1. The van der Waals surface area contributed by atoms with Crippen molar-refractivity contribution >= 4 is 17.5 Å². The summed E-state index contributed by atoms with van der Waals surface area (Å²) in [6, 6.07) is 2.78. The molecular weight excluding hydrogens is 340 g/mol. The van der Waals surface area contributed by atoms with E-state index in [4.69, 9.17) is 14.2 Å². The molecule has 8 nitrogen and oxygen atoms in total. The number of rotatable bonds is 8. The summed E-state index contributed by atoms with van der Waals surface area (Å²) in [6.45, 7) is 9.48. The number of anilines is 1. The zero-order chi connectivity index (χ0) is 19.9. The SMILES string of the molecule is CCCCOC(C)c1cc(OC)c(NC(=O)OC(C)(C)C)cc1[N+](=O)[O-]. The van der Waals surface area contributed by atoms with Gasteiger partial charge in [0.15, 0.2) is 0 Å². The third kappa shape index (κ3) is 6.51. The highest BCUT2D eigenvalue weighted by atomic mass is 16.6. The van der Waals surface area contributed by atoms with Gasteiger partial charge in [-0.2, -0.15) is 0 Å². The van der Waals surface area contributed by atoms with E-state index in [1.54, 1.807) is 27.7 Å². The molecule has 1 rings (SSSR count). The van der Waals surface area contributed by atoms with Crippen LogP contribution in [0.25, 0.3) is 0 Å². The van der Waals surface area contributed by atoms with Gasteiger partial charge in [-0.3, -0.25) is 15.4 Å². The maximum absolute atomic E-state index is 12.0. The van der Waals surface area contributed by atoms with E-state index in [1.165, 1.54) is 19.2 Å². The quantitative estimate of drug-likeness (QED) is 0.401. The average molecular weight is 368 g/mol. The van der Waals surface area contributed by atoms with Crippen molar-refractivity contribution in [3.8, 4) is 5.75 Å². The first kappa shape index (κ1) is 21.7. The van der Waals surface area contributed by atoms with Gasteiger partial charge in [0.25, 0.3) is 5.69 Å². The summed E-state index contributed by atoms with van der Waals surface area (Å²) in [6.07, 6.45) is 0.640. The second kappa shape index (κ2) is 9.38. The molecule has 1 amide bonds. The molecule has 1 N–H and O–H groups in total. The van der Waals surface area contributed by atoms with E-state index in [-0.39, 0.29) is 11.4 Å². The van der Waals surface area contributed by atoms with Crippen molar-refractivity contribution < 1.29 is 23.9 Å². The van der Waals surface area contributed by atoms with E-state index >= 15 is 0 Å². The first-order valence-electron chi connectivity index (χ1n) is 8.57. The van der Waals surface area contributed by atoms with Gasteiger partial charge in [0.2, 0.25) is 0 Å². The molecule has 1 unspecified atom stereocenters. The highest BCUT2D eigenvalue weighted by Crippen LogP contribution is 2.37. The number of unbranched alkanes of at least 4 members (excludes halogenated alkanes) is 1. The van der Waals surface area contributed by atoms with Crippen LogP contribution in [0.1, 0.15) is 59.1 Å². The van der Waals surface area contributed by atoms with Gasteiger partial charge in [0.05, 0.1) is 29.4 Å². The second-order valence-electron chi connectivity index (χ2n) is 6.86. The Morgan fingerprint density at radius 3 is 2.50 bits per heavy atom. The molecule has 8 heteroatoms. The van der Waals surface area contributed by atoms with Crippen LogP contribution in [-0.2, 0) is 9.47 Å². The topological polar surface area (TPSA) is 99.9 Å². The lowest BCUT2D eigenvalue weighted by Crippen LogP contribution is -2.27. The summed E-state index contributed by atoms with van der Waals surface area (Å²) in [7, 11) is 1.42. The Morgan fingerprint density at radius 2 is 2.00 bits per heavy atom. The van der Waals surface area contributed by atoms with E-state index in [1.807, 2.05) is 6.92 Å². The Labute approximate surface area is 154 Å². The molecule has 0 bridgehead atoms. The zero-order valence-corrected chi connectivity index (χ0v) is 16.3. The standard InChI is InChI=1S/C18H28N2O6/c1-7-8-9-25-12(2)13-10-16(24-6)14(11-15(13)20(22)23)19-17(21)26-18(3,4)5/h10-12H,7-9H2,1-6H3,(H,19,21). The number of nitrogens with zero attached hydrogens (tertiary/aromatic N) is 1. The number of ether oxygens (including phenoxy) is 3. The summed E-state index contributed by atoms with van der Waals surface area (Å²) < 4.78 is 16.1. The average Bonchev–Trinajstić information content (AvgIpc) is 2.52. The largest absolute Gasteiger partial charge is 0.495 e. The molecule has 146 valence electrons. The van der Waals surface area contributed by atoms with Crippen LogP contribution >= 0.6 is 0 Å². The first-order chi connectivity index (χ1) is 12.1. The molecule has 0 radical (unpaired) electrons. The predicted molar refractivity (Wildman–Crippen MR) is 98.8 cm³/mol. The number of hydrogen-bond donors (Lipinski definition) is 1. The number of amides is 1. The van der Waals surface area contributed by atoms with Crippen LogP contribution in [0.4, 0.5) is 16.2 Å². The van der Waals surface area contributed by atoms with Crippen LogP contribution in [-0.4, -0.2) is 30.3 Å². The number of nitro benzene ring substituents is 1. The van der Waals surface area contributed by atoms with Gasteiger partial charge in [-0.15, -0.1) is 0 Å². The smallest absolute Gasteiger partial charge is 0.412 e. The number of methoxy groups -OCH3 is 1. The van der Waals surface area contributed by atoms with Gasteiger partial charge in [-0.05, 0) is 40.2 Å². The van der Waals surface area contributed by atoms with E-state index in [0.29, 0.717) is 17.9 Å². The highest BCUT2D eigenvalue weighted by molar-refractivity contribution is 5.88. The van der Waals surface area contributed by atoms with E-state index in [0.717, 1.165) is 12.8 Å². The van der Waals surface area contributed by atoms with E-state index < -0.39 is 22.7 Å². The Morgan fingerprint density at radius 1 is 1.35 bits per heavy atom. The van der Waals surface area contributed by atoms with Crippen LogP contribution in [0.3, 0.4) is 0 Å². The molecule has 0 aliphatic rings. The molecule has 26 heavy (non-hydrogen) atoms. The molecule has 1 atom stereocenters. The molecule has 0 aliphatic carbocycles. The summed E-state index contributed by atoms with van der Waals surface area (Å²) in [5.41, 5.74) is -0.290. The van der Waals surface area contributed by atoms with Crippen molar-refractivity contribution in [2.75, 3.05) is 19.0 Å². The minimum atomic E-state index is -0.718. The van der Waals surface area contributed by atoms with Crippen LogP contribution in [0.2, 0.25) is 0 Å². The number of carbonyl (C=O) groups excluding carboxylic acids is 1. The summed E-state index contributed by atoms with van der Waals surface area (Å²) in [5.74, 6) is 0.294. The van der Waals surface area contributed by atoms with Gasteiger partial charge in [-0.1, -0.05) is 13.3 Å². The molecule has 0 fully saturated rings. The third-order valence-corrected chi connectivity index (χ3v) is 3.48. The normalized spacial score (nSPS) is 12.4. The lowest BCUT2D eigenvalue weighted by molar-refractivity contribution is -0.386. The Balaban J connectivity index is 3.16. The number of hydrogen-bond acceptors (Lipinski definition) is 6. The monoisotopic (exact) mass is 368 g/mol. The van der Waals surface area contributed by atoms with Crippen molar-refractivity contribution in [3.05, 3.63) is 27.8 Å². The van der Waals surface area contributed by atoms with Gasteiger partial charge in [0.1, 0.15) is 11.4 Å². The lowest BCUT2D eigenvalue weighted by atomic mass is 10.1. The van der Waals surface area contributed by atoms with Crippen molar-refractivity contribution in [1.82, 2.24) is 0 Å². The first-order valence-corrected chi connectivity index (χ1v) is 8.57. The molecular formula is C18H28N2O6. The molecule has 0 aromatic heterocycles. The third-order valence-electron chi connectivity index (χ3n) is 3.48. The van der Waals surface area contributed by atoms with Crippen LogP contribution in [0, 0.1) is 10.1 Å². The van der Waals surface area contributed by atoms with Crippen molar-refractivity contribution in [2.45, 2.75) is 59.2 Å². The fraction of sp³-hybridized carbons (Fsp3) is 0.611. The van der Waals surface area contributed by atoms with E-state index in [2.05, 4.69) is 5.32 Å². The maximum Gasteiger partial charge on any atom is 0.412 e. The van der Waals surface area contributed by atoms with Gasteiger partial charge < -0.3 is 14.2 Å². The van der Waals surface area contributed by atoms with Gasteiger partial charge >= 0.3 is 6.09 Å². The molecule has 1 aromatic carbocycles. The van der Waals surface area contributed by atoms with Crippen molar-refractivity contribution in [1.29, 1.82) is 0 Å². The molecule has 0 aliphatic heterocycles. The number of nitrogens with one attached hydrogen (secondary N) is 1. The lowest BCUT2D eigenvalue weighted by Gasteiger charge is -2.21. The zero-order valence-electron chi connectivity index (χ0n) is 16.3. The van der Waals surface area contributed by atoms with Gasteiger partial charge in [0, 0.05) is 12.7 Å². The number of benzene rings is 1. The van der Waals surface area contributed by atoms with Crippen molar-refractivity contribution in [3.63, 3.8) is 0 Å². The minimum absolute atomic E-state index is 0.152. The number of carbonyl (C=O) groups is 1. The molecule has 1 aromatic rings. The molecule has 0 saturated carbocycles. The molecule has 0 saturated heterocycles. The fourth-order valence-corrected chi connectivity index (χ4v) is 2.24. The van der Waals surface area contributed by atoms with Crippen molar-refractivity contribution in [2.24, 2.45) is 0 Å².